The summed E-state index contributed by atoms with van der Waals surface area (Å²) in [7, 11) is 0. The molecule has 104 valence electrons. The number of rotatable bonds is 5. The van der Waals surface area contributed by atoms with E-state index in [1.54, 1.807) is 18.2 Å². The molecular weight excluding hydrogens is 247 g/mol. The van der Waals surface area contributed by atoms with Gasteiger partial charge in [-0.2, -0.15) is 0 Å². The molecule has 1 fully saturated rings. The van der Waals surface area contributed by atoms with Gasteiger partial charge >= 0.3 is 0 Å². The van der Waals surface area contributed by atoms with Crippen molar-refractivity contribution < 1.29 is 13.9 Å². The van der Waals surface area contributed by atoms with Gasteiger partial charge in [-0.05, 0) is 31.4 Å². The highest BCUT2D eigenvalue weighted by atomic mass is 19.1. The molecule has 2 N–H and O–H groups in total. The number of carbonyl (C=O) groups excluding carboxylic acids is 1. The largest absolute Gasteiger partial charge is 0.381 e. The third-order valence-electron chi connectivity index (χ3n) is 3.40. The Hall–Kier alpha value is -1.46. The molecule has 2 rings (SSSR count). The molecular formula is C14H19FN2O2. The summed E-state index contributed by atoms with van der Waals surface area (Å²) in [6, 6.07) is 6.35. The van der Waals surface area contributed by atoms with E-state index in [2.05, 4.69) is 10.6 Å². The van der Waals surface area contributed by atoms with Gasteiger partial charge in [0.15, 0.2) is 0 Å². The molecule has 2 atom stereocenters. The van der Waals surface area contributed by atoms with Crippen molar-refractivity contribution in [2.45, 2.75) is 19.4 Å². The van der Waals surface area contributed by atoms with Crippen LogP contribution < -0.4 is 10.6 Å². The van der Waals surface area contributed by atoms with Gasteiger partial charge in [0, 0.05) is 12.6 Å². The zero-order chi connectivity index (χ0) is 13.7. The molecule has 0 aromatic heterocycles. The van der Waals surface area contributed by atoms with Gasteiger partial charge < -0.3 is 15.4 Å². The van der Waals surface area contributed by atoms with E-state index in [1.807, 2.05) is 6.92 Å². The van der Waals surface area contributed by atoms with Crippen molar-refractivity contribution in [3.63, 3.8) is 0 Å². The summed E-state index contributed by atoms with van der Waals surface area (Å²) in [4.78, 5) is 11.7. The SMILES string of the molecule is CC(NCC(=O)Nc1ccccc1F)C1CCOC1. The van der Waals surface area contributed by atoms with Crippen molar-refractivity contribution >= 4 is 11.6 Å². The van der Waals surface area contributed by atoms with E-state index >= 15 is 0 Å². The van der Waals surface area contributed by atoms with Gasteiger partial charge in [0.1, 0.15) is 5.82 Å². The molecule has 0 radical (unpaired) electrons. The Morgan fingerprint density at radius 2 is 2.32 bits per heavy atom. The van der Waals surface area contributed by atoms with Gasteiger partial charge in [-0.1, -0.05) is 12.1 Å². The lowest BCUT2D eigenvalue weighted by molar-refractivity contribution is -0.115. The Morgan fingerprint density at radius 3 is 3.00 bits per heavy atom. The summed E-state index contributed by atoms with van der Waals surface area (Å²) in [6.45, 7) is 3.74. The summed E-state index contributed by atoms with van der Waals surface area (Å²) in [5.41, 5.74) is 0.214. The number of nitrogens with one attached hydrogen (secondary N) is 2. The highest BCUT2D eigenvalue weighted by Crippen LogP contribution is 2.16. The maximum atomic E-state index is 13.3. The molecule has 1 aromatic carbocycles. The minimum absolute atomic E-state index is 0.173. The number of amides is 1. The van der Waals surface area contributed by atoms with Gasteiger partial charge in [0.2, 0.25) is 5.91 Å². The van der Waals surface area contributed by atoms with E-state index in [0.29, 0.717) is 5.92 Å². The number of halogens is 1. The molecule has 0 aliphatic carbocycles. The summed E-state index contributed by atoms with van der Waals surface area (Å²) < 4.78 is 18.6. The highest BCUT2D eigenvalue weighted by Gasteiger charge is 2.22. The summed E-state index contributed by atoms with van der Waals surface area (Å²) in [6.07, 6.45) is 1.02. The Balaban J connectivity index is 1.77. The third kappa shape index (κ3) is 4.01. The van der Waals surface area contributed by atoms with E-state index < -0.39 is 5.82 Å². The van der Waals surface area contributed by atoms with Crippen LogP contribution in [0.25, 0.3) is 0 Å². The number of benzene rings is 1. The minimum Gasteiger partial charge on any atom is -0.381 e. The molecule has 1 heterocycles. The molecule has 1 saturated heterocycles. The molecule has 1 amide bonds. The molecule has 5 heteroatoms. The quantitative estimate of drug-likeness (QED) is 0.854. The lowest BCUT2D eigenvalue weighted by Gasteiger charge is -2.18. The standard InChI is InChI=1S/C14H19FN2O2/c1-10(11-6-7-19-9-11)16-8-14(18)17-13-5-3-2-4-12(13)15/h2-5,10-11,16H,6-9H2,1H3,(H,17,18). The Kier molecular flexibility index (Phi) is 4.87. The van der Waals surface area contributed by atoms with E-state index in [-0.39, 0.29) is 24.2 Å². The van der Waals surface area contributed by atoms with Crippen LogP contribution in [0.5, 0.6) is 0 Å². The first-order valence-corrected chi connectivity index (χ1v) is 6.52. The van der Waals surface area contributed by atoms with Gasteiger partial charge in [0.25, 0.3) is 0 Å². The average Bonchev–Trinajstić information content (AvgIpc) is 2.93. The molecule has 4 nitrogen and oxygen atoms in total. The van der Waals surface area contributed by atoms with Crippen molar-refractivity contribution in [2.24, 2.45) is 5.92 Å². The normalized spacial score (nSPS) is 20.2. The molecule has 1 aliphatic rings. The van der Waals surface area contributed by atoms with Crippen LogP contribution in [0.3, 0.4) is 0 Å². The fourth-order valence-corrected chi connectivity index (χ4v) is 2.12. The number of ether oxygens (including phenoxy) is 1. The van der Waals surface area contributed by atoms with Crippen LogP contribution in [0.15, 0.2) is 24.3 Å². The zero-order valence-electron chi connectivity index (χ0n) is 11.0. The van der Waals surface area contributed by atoms with E-state index in [9.17, 15) is 9.18 Å². The Morgan fingerprint density at radius 1 is 1.53 bits per heavy atom. The van der Waals surface area contributed by atoms with Gasteiger partial charge in [-0.3, -0.25) is 4.79 Å². The summed E-state index contributed by atoms with van der Waals surface area (Å²) in [5, 5.41) is 5.70. The van der Waals surface area contributed by atoms with E-state index in [1.165, 1.54) is 6.07 Å². The number of hydrogen-bond donors (Lipinski definition) is 2. The number of anilines is 1. The van der Waals surface area contributed by atoms with Crippen molar-refractivity contribution in [1.82, 2.24) is 5.32 Å². The summed E-state index contributed by atoms with van der Waals surface area (Å²) in [5.74, 6) is -0.217. The first kappa shape index (κ1) is 14.0. The molecule has 1 aliphatic heterocycles. The minimum atomic E-state index is -0.423. The molecule has 0 spiro atoms. The van der Waals surface area contributed by atoms with Crippen molar-refractivity contribution in [2.75, 3.05) is 25.1 Å². The zero-order valence-corrected chi connectivity index (χ0v) is 11.0. The van der Waals surface area contributed by atoms with Crippen molar-refractivity contribution in [1.29, 1.82) is 0 Å². The van der Waals surface area contributed by atoms with Crippen LogP contribution in [0, 0.1) is 11.7 Å². The van der Waals surface area contributed by atoms with Gasteiger partial charge in [-0.25, -0.2) is 4.39 Å². The Labute approximate surface area is 112 Å². The van der Waals surface area contributed by atoms with E-state index in [0.717, 1.165) is 19.6 Å². The monoisotopic (exact) mass is 266 g/mol. The van der Waals surface area contributed by atoms with Crippen molar-refractivity contribution in [3.8, 4) is 0 Å². The first-order valence-electron chi connectivity index (χ1n) is 6.52. The molecule has 1 aromatic rings. The second-order valence-electron chi connectivity index (χ2n) is 4.82. The topological polar surface area (TPSA) is 50.4 Å². The van der Waals surface area contributed by atoms with Crippen molar-refractivity contribution in [3.05, 3.63) is 30.1 Å². The number of para-hydroxylation sites is 1. The predicted octanol–water partition coefficient (Wildman–Crippen LogP) is 1.78. The molecule has 0 bridgehead atoms. The molecule has 0 saturated carbocycles. The first-order chi connectivity index (χ1) is 9.16. The fourth-order valence-electron chi connectivity index (χ4n) is 2.12. The summed E-state index contributed by atoms with van der Waals surface area (Å²) >= 11 is 0. The number of hydrogen-bond acceptors (Lipinski definition) is 3. The Bertz CT molecular complexity index is 433. The maximum Gasteiger partial charge on any atom is 0.238 e. The highest BCUT2D eigenvalue weighted by molar-refractivity contribution is 5.92. The average molecular weight is 266 g/mol. The fraction of sp³-hybridized carbons (Fsp3) is 0.500. The van der Waals surface area contributed by atoms with Crippen LogP contribution in [0.1, 0.15) is 13.3 Å². The molecule has 19 heavy (non-hydrogen) atoms. The second-order valence-corrected chi connectivity index (χ2v) is 4.82. The van der Waals surface area contributed by atoms with Crippen LogP contribution in [-0.4, -0.2) is 31.7 Å². The second kappa shape index (κ2) is 6.63. The van der Waals surface area contributed by atoms with Crippen LogP contribution in [-0.2, 0) is 9.53 Å². The van der Waals surface area contributed by atoms with E-state index in [4.69, 9.17) is 4.74 Å². The smallest absolute Gasteiger partial charge is 0.238 e. The predicted molar refractivity (Wildman–Crippen MR) is 71.4 cm³/mol. The molecule has 2 unspecified atom stereocenters. The van der Waals surface area contributed by atoms with Crippen LogP contribution in [0.2, 0.25) is 0 Å². The number of carbonyl (C=O) groups is 1. The lowest BCUT2D eigenvalue weighted by atomic mass is 10.0. The maximum absolute atomic E-state index is 13.3. The van der Waals surface area contributed by atoms with Crippen LogP contribution >= 0.6 is 0 Å². The van der Waals surface area contributed by atoms with Gasteiger partial charge in [0.05, 0.1) is 18.8 Å². The van der Waals surface area contributed by atoms with Crippen LogP contribution in [0.4, 0.5) is 10.1 Å². The van der Waals surface area contributed by atoms with Gasteiger partial charge in [-0.15, -0.1) is 0 Å². The third-order valence-corrected chi connectivity index (χ3v) is 3.40. The lowest BCUT2D eigenvalue weighted by Crippen LogP contribution is -2.39.